The second-order valence-corrected chi connectivity index (χ2v) is 6.20. The Morgan fingerprint density at radius 1 is 1.43 bits per heavy atom. The molecule has 124 valence electrons. The molecular formula is C16H20N2O5. The van der Waals surface area contributed by atoms with E-state index >= 15 is 0 Å². The predicted molar refractivity (Wildman–Crippen MR) is 79.5 cm³/mol. The summed E-state index contributed by atoms with van der Waals surface area (Å²) in [6.07, 6.45) is 3.60. The summed E-state index contributed by atoms with van der Waals surface area (Å²) in [7, 11) is 1.26. The van der Waals surface area contributed by atoms with Crippen LogP contribution in [0.5, 0.6) is 0 Å². The first-order valence-electron chi connectivity index (χ1n) is 7.79. The molecule has 7 nitrogen and oxygen atoms in total. The SMILES string of the molecule is COC(=O)c1ccc(CN2C(=O)N[C@]3(CCCC[C@@H]3C)C2=O)o1. The fraction of sp³-hybridized carbons (Fsp3) is 0.562. The lowest BCUT2D eigenvalue weighted by Gasteiger charge is -2.36. The standard InChI is InChI=1S/C16H20N2O5/c1-10-5-3-4-8-16(10)14(20)18(15(21)17-16)9-11-6-7-12(23-11)13(19)22-2/h6-7,10H,3-5,8-9H2,1-2H3,(H,17,21)/t10-,16-/m0/s1. The van der Waals surface area contributed by atoms with Crippen molar-refractivity contribution in [1.29, 1.82) is 0 Å². The summed E-state index contributed by atoms with van der Waals surface area (Å²) in [4.78, 5) is 37.6. The lowest BCUT2D eigenvalue weighted by Crippen LogP contribution is -2.53. The van der Waals surface area contributed by atoms with Crippen molar-refractivity contribution < 1.29 is 23.5 Å². The molecule has 2 atom stereocenters. The summed E-state index contributed by atoms with van der Waals surface area (Å²) in [6, 6.07) is 2.64. The number of nitrogens with zero attached hydrogens (tertiary/aromatic N) is 1. The Kier molecular flexibility index (Phi) is 3.87. The molecule has 0 aromatic carbocycles. The maximum atomic E-state index is 12.8. The van der Waals surface area contributed by atoms with Gasteiger partial charge in [0.15, 0.2) is 0 Å². The quantitative estimate of drug-likeness (QED) is 0.680. The van der Waals surface area contributed by atoms with Crippen LogP contribution in [0.4, 0.5) is 4.79 Å². The van der Waals surface area contributed by atoms with Gasteiger partial charge in [-0.3, -0.25) is 9.69 Å². The largest absolute Gasteiger partial charge is 0.463 e. The van der Waals surface area contributed by atoms with Gasteiger partial charge in [-0.2, -0.15) is 0 Å². The zero-order valence-electron chi connectivity index (χ0n) is 13.3. The van der Waals surface area contributed by atoms with Gasteiger partial charge in [-0.05, 0) is 30.9 Å². The van der Waals surface area contributed by atoms with Crippen molar-refractivity contribution in [2.75, 3.05) is 7.11 Å². The molecule has 1 N–H and O–H groups in total. The van der Waals surface area contributed by atoms with Crippen molar-refractivity contribution in [3.8, 4) is 0 Å². The van der Waals surface area contributed by atoms with Crippen molar-refractivity contribution in [2.24, 2.45) is 5.92 Å². The number of esters is 1. The van der Waals surface area contributed by atoms with E-state index in [1.165, 1.54) is 18.1 Å². The first kappa shape index (κ1) is 15.6. The molecular weight excluding hydrogens is 300 g/mol. The van der Waals surface area contributed by atoms with Gasteiger partial charge in [-0.1, -0.05) is 19.8 Å². The Morgan fingerprint density at radius 2 is 2.22 bits per heavy atom. The van der Waals surface area contributed by atoms with E-state index < -0.39 is 17.5 Å². The van der Waals surface area contributed by atoms with Crippen molar-refractivity contribution in [2.45, 2.75) is 44.7 Å². The monoisotopic (exact) mass is 320 g/mol. The molecule has 23 heavy (non-hydrogen) atoms. The van der Waals surface area contributed by atoms with Crippen LogP contribution in [-0.4, -0.2) is 35.5 Å². The number of carbonyl (C=O) groups is 3. The maximum Gasteiger partial charge on any atom is 0.373 e. The normalized spacial score (nSPS) is 27.4. The smallest absolute Gasteiger partial charge is 0.373 e. The third-order valence-corrected chi connectivity index (χ3v) is 4.86. The van der Waals surface area contributed by atoms with E-state index in [1.54, 1.807) is 6.07 Å². The van der Waals surface area contributed by atoms with Crippen molar-refractivity contribution >= 4 is 17.9 Å². The molecule has 1 saturated carbocycles. The van der Waals surface area contributed by atoms with Crippen LogP contribution in [0.15, 0.2) is 16.5 Å². The van der Waals surface area contributed by atoms with Crippen molar-refractivity contribution in [3.05, 3.63) is 23.7 Å². The van der Waals surface area contributed by atoms with E-state index in [2.05, 4.69) is 10.1 Å². The summed E-state index contributed by atoms with van der Waals surface area (Å²) in [6.45, 7) is 2.01. The fourth-order valence-electron chi connectivity index (χ4n) is 3.47. The molecule has 2 heterocycles. The van der Waals surface area contributed by atoms with Crippen molar-refractivity contribution in [1.82, 2.24) is 10.2 Å². The lowest BCUT2D eigenvalue weighted by atomic mass is 9.73. The highest BCUT2D eigenvalue weighted by atomic mass is 16.5. The summed E-state index contributed by atoms with van der Waals surface area (Å²) in [5.41, 5.74) is -0.785. The molecule has 3 rings (SSSR count). The topological polar surface area (TPSA) is 88.9 Å². The van der Waals surface area contributed by atoms with Gasteiger partial charge in [0.1, 0.15) is 11.3 Å². The number of methoxy groups -OCH3 is 1. The molecule has 2 fully saturated rings. The number of carbonyl (C=O) groups excluding carboxylic acids is 3. The van der Waals surface area contributed by atoms with E-state index in [9.17, 15) is 14.4 Å². The first-order valence-corrected chi connectivity index (χ1v) is 7.79. The number of nitrogens with one attached hydrogen (secondary N) is 1. The molecule has 0 unspecified atom stereocenters. The van der Waals surface area contributed by atoms with Crippen LogP contribution in [-0.2, 0) is 16.1 Å². The molecule has 1 aliphatic heterocycles. The fourth-order valence-corrected chi connectivity index (χ4v) is 3.47. The van der Waals surface area contributed by atoms with Gasteiger partial charge in [0, 0.05) is 0 Å². The molecule has 0 radical (unpaired) electrons. The van der Waals surface area contributed by atoms with E-state index in [0.29, 0.717) is 12.2 Å². The molecule has 1 spiro atoms. The Labute approximate surface area is 134 Å². The van der Waals surface area contributed by atoms with Gasteiger partial charge in [-0.15, -0.1) is 0 Å². The third-order valence-electron chi connectivity index (χ3n) is 4.86. The average molecular weight is 320 g/mol. The minimum atomic E-state index is -0.785. The summed E-state index contributed by atoms with van der Waals surface area (Å²) >= 11 is 0. The molecule has 2 aliphatic rings. The van der Waals surface area contributed by atoms with Gasteiger partial charge in [0.2, 0.25) is 5.76 Å². The van der Waals surface area contributed by atoms with Crippen LogP contribution < -0.4 is 5.32 Å². The van der Waals surface area contributed by atoms with Gasteiger partial charge in [0.25, 0.3) is 5.91 Å². The molecule has 1 aromatic heterocycles. The number of amides is 3. The molecule has 1 saturated heterocycles. The van der Waals surface area contributed by atoms with E-state index in [0.717, 1.165) is 19.3 Å². The van der Waals surface area contributed by atoms with Crippen LogP contribution >= 0.6 is 0 Å². The van der Waals surface area contributed by atoms with Crippen LogP contribution in [0.2, 0.25) is 0 Å². The Morgan fingerprint density at radius 3 is 2.91 bits per heavy atom. The highest BCUT2D eigenvalue weighted by molar-refractivity contribution is 6.07. The number of furan rings is 1. The molecule has 1 aliphatic carbocycles. The predicted octanol–water partition coefficient (Wildman–Crippen LogP) is 2.07. The highest BCUT2D eigenvalue weighted by Gasteiger charge is 2.54. The van der Waals surface area contributed by atoms with Crippen LogP contribution in [0.1, 0.15) is 48.9 Å². The van der Waals surface area contributed by atoms with E-state index in [-0.39, 0.29) is 24.1 Å². The van der Waals surface area contributed by atoms with Crippen molar-refractivity contribution in [3.63, 3.8) is 0 Å². The van der Waals surface area contributed by atoms with E-state index in [1.807, 2.05) is 6.92 Å². The second-order valence-electron chi connectivity index (χ2n) is 6.20. The Bertz CT molecular complexity index is 653. The number of hydrogen-bond acceptors (Lipinski definition) is 5. The highest BCUT2D eigenvalue weighted by Crippen LogP contribution is 2.38. The van der Waals surface area contributed by atoms with Gasteiger partial charge in [0.05, 0.1) is 13.7 Å². The number of rotatable bonds is 3. The Hall–Kier alpha value is -2.31. The number of hydrogen-bond donors (Lipinski definition) is 1. The van der Waals surface area contributed by atoms with Gasteiger partial charge in [-0.25, -0.2) is 9.59 Å². The molecule has 7 heteroatoms. The molecule has 3 amide bonds. The zero-order chi connectivity index (χ0) is 16.6. The second kappa shape index (κ2) is 5.72. The number of ether oxygens (including phenoxy) is 1. The summed E-state index contributed by atoms with van der Waals surface area (Å²) < 4.78 is 9.92. The summed E-state index contributed by atoms with van der Waals surface area (Å²) in [5, 5.41) is 2.88. The van der Waals surface area contributed by atoms with Crippen LogP contribution in [0.25, 0.3) is 0 Å². The molecule has 1 aromatic rings. The van der Waals surface area contributed by atoms with Crippen LogP contribution in [0.3, 0.4) is 0 Å². The number of urea groups is 1. The third kappa shape index (κ3) is 2.50. The lowest BCUT2D eigenvalue weighted by molar-refractivity contribution is -0.134. The minimum Gasteiger partial charge on any atom is -0.463 e. The average Bonchev–Trinajstić information content (AvgIpc) is 3.09. The van der Waals surface area contributed by atoms with Crippen LogP contribution in [0, 0.1) is 5.92 Å². The number of imide groups is 1. The van der Waals surface area contributed by atoms with Gasteiger partial charge >= 0.3 is 12.0 Å². The summed E-state index contributed by atoms with van der Waals surface area (Å²) in [5.74, 6) is -0.263. The van der Waals surface area contributed by atoms with E-state index in [4.69, 9.17) is 4.42 Å². The Balaban J connectivity index is 1.78. The molecule has 0 bridgehead atoms. The zero-order valence-corrected chi connectivity index (χ0v) is 13.3. The van der Waals surface area contributed by atoms with Gasteiger partial charge < -0.3 is 14.5 Å². The minimum absolute atomic E-state index is 0.0101. The first-order chi connectivity index (χ1) is 11.0. The maximum absolute atomic E-state index is 12.8.